The number of rotatable bonds is 5. The van der Waals surface area contributed by atoms with Crippen molar-refractivity contribution < 1.29 is 24.2 Å². The summed E-state index contributed by atoms with van der Waals surface area (Å²) in [6.45, 7) is 8.02. The lowest BCUT2D eigenvalue weighted by molar-refractivity contribution is -0.129. The van der Waals surface area contributed by atoms with Crippen LogP contribution in [-0.4, -0.2) is 49.0 Å². The van der Waals surface area contributed by atoms with Crippen LogP contribution in [0.3, 0.4) is 0 Å². The molecule has 1 fully saturated rings. The first kappa shape index (κ1) is 21.9. The van der Waals surface area contributed by atoms with Gasteiger partial charge in [-0.15, -0.1) is 0 Å². The summed E-state index contributed by atoms with van der Waals surface area (Å²) in [5.41, 5.74) is 0.539. The molecule has 0 aromatic heterocycles. The molecule has 1 heterocycles. The number of amides is 1. The molecular formula is C19H30N2O5. The molecule has 3 N–H and O–H groups in total. The Bertz CT molecular complexity index is 530. The van der Waals surface area contributed by atoms with E-state index in [0.717, 1.165) is 25.1 Å². The van der Waals surface area contributed by atoms with Gasteiger partial charge in [-0.1, -0.05) is 30.3 Å². The number of alkyl carbamates (subject to hydrolysis) is 1. The smallest absolute Gasteiger partial charge is 0.407 e. The van der Waals surface area contributed by atoms with E-state index in [1.165, 1.54) is 0 Å². The van der Waals surface area contributed by atoms with E-state index in [4.69, 9.17) is 9.84 Å². The average Bonchev–Trinajstić information content (AvgIpc) is 2.60. The van der Waals surface area contributed by atoms with E-state index in [2.05, 4.69) is 15.4 Å². The van der Waals surface area contributed by atoms with E-state index in [1.807, 2.05) is 51.1 Å². The predicted molar refractivity (Wildman–Crippen MR) is 98.5 cm³/mol. The van der Waals surface area contributed by atoms with Crippen molar-refractivity contribution in [3.63, 3.8) is 0 Å². The van der Waals surface area contributed by atoms with Crippen LogP contribution in [0.1, 0.15) is 32.8 Å². The van der Waals surface area contributed by atoms with Gasteiger partial charge in [-0.05, 0) is 38.7 Å². The second-order valence-corrected chi connectivity index (χ2v) is 7.18. The van der Waals surface area contributed by atoms with Crippen molar-refractivity contribution in [3.05, 3.63) is 35.9 Å². The summed E-state index contributed by atoms with van der Waals surface area (Å²) < 4.78 is 9.71. The normalized spacial score (nSPS) is 19.5. The molecule has 2 unspecified atom stereocenters. The molecule has 2 rings (SSSR count). The molecule has 0 radical (unpaired) electrons. The van der Waals surface area contributed by atoms with Gasteiger partial charge >= 0.3 is 6.09 Å². The van der Waals surface area contributed by atoms with Crippen LogP contribution in [0.5, 0.6) is 0 Å². The highest BCUT2D eigenvalue weighted by Gasteiger charge is 2.24. The summed E-state index contributed by atoms with van der Waals surface area (Å²) >= 11 is 0. The minimum absolute atomic E-state index is 0.0424. The van der Waals surface area contributed by atoms with Gasteiger partial charge < -0.3 is 25.2 Å². The number of aliphatic hydroxyl groups excluding tert-OH is 1. The molecule has 7 nitrogen and oxygen atoms in total. The van der Waals surface area contributed by atoms with E-state index in [-0.39, 0.29) is 18.6 Å². The van der Waals surface area contributed by atoms with Gasteiger partial charge in [0.05, 0.1) is 0 Å². The van der Waals surface area contributed by atoms with Crippen molar-refractivity contribution in [1.82, 2.24) is 10.6 Å². The molecule has 7 heteroatoms. The molecule has 26 heavy (non-hydrogen) atoms. The molecule has 0 bridgehead atoms. The molecule has 2 atom stereocenters. The number of hydrogen-bond acceptors (Lipinski definition) is 6. The summed E-state index contributed by atoms with van der Waals surface area (Å²) in [7, 11) is 0. The summed E-state index contributed by atoms with van der Waals surface area (Å²) in [5.74, 6) is 0.216. The van der Waals surface area contributed by atoms with Crippen LogP contribution in [0.25, 0.3) is 0 Å². The Hall–Kier alpha value is -2.12. The lowest BCUT2D eigenvalue weighted by Crippen LogP contribution is -2.50. The zero-order valence-corrected chi connectivity index (χ0v) is 15.7. The molecule has 0 aliphatic carbocycles. The fraction of sp³-hybridized carbons (Fsp3) is 0.579. The Morgan fingerprint density at radius 2 is 2.00 bits per heavy atom. The van der Waals surface area contributed by atoms with Gasteiger partial charge in [-0.2, -0.15) is 0 Å². The van der Waals surface area contributed by atoms with Gasteiger partial charge in [0.1, 0.15) is 12.2 Å². The van der Waals surface area contributed by atoms with Crippen LogP contribution in [0.4, 0.5) is 4.79 Å². The van der Waals surface area contributed by atoms with Crippen LogP contribution >= 0.6 is 0 Å². The maximum Gasteiger partial charge on any atom is 0.407 e. The Morgan fingerprint density at radius 3 is 2.58 bits per heavy atom. The monoisotopic (exact) mass is 366 g/mol. The highest BCUT2D eigenvalue weighted by molar-refractivity contribution is 5.68. The van der Waals surface area contributed by atoms with E-state index in [0.29, 0.717) is 13.1 Å². The van der Waals surface area contributed by atoms with Crippen molar-refractivity contribution in [2.75, 3.05) is 19.7 Å². The van der Waals surface area contributed by atoms with Crippen LogP contribution in [-0.2, 0) is 20.9 Å². The van der Waals surface area contributed by atoms with Gasteiger partial charge in [0.25, 0.3) is 6.47 Å². The second kappa shape index (κ2) is 11.5. The SMILES string of the molecule is CC(C)(C)OC(=O)NC1CNCC(CO)C1.O=COCc1ccccc1. The maximum atomic E-state index is 11.5. The molecule has 1 amide bonds. The first-order valence-corrected chi connectivity index (χ1v) is 8.74. The van der Waals surface area contributed by atoms with Gasteiger partial charge in [0, 0.05) is 25.7 Å². The minimum Gasteiger partial charge on any atom is -0.463 e. The molecule has 1 aromatic rings. The van der Waals surface area contributed by atoms with E-state index < -0.39 is 11.7 Å². The van der Waals surface area contributed by atoms with E-state index in [1.54, 1.807) is 0 Å². The van der Waals surface area contributed by atoms with Crippen molar-refractivity contribution in [1.29, 1.82) is 0 Å². The molecule has 1 saturated heterocycles. The third-order valence-electron chi connectivity index (χ3n) is 3.58. The Morgan fingerprint density at radius 1 is 1.31 bits per heavy atom. The number of aliphatic hydroxyl groups is 1. The molecule has 1 aliphatic rings. The van der Waals surface area contributed by atoms with Crippen molar-refractivity contribution in [2.45, 2.75) is 45.4 Å². The number of ether oxygens (including phenoxy) is 2. The molecule has 146 valence electrons. The van der Waals surface area contributed by atoms with E-state index >= 15 is 0 Å². The standard InChI is InChI=1S/C11H22N2O3.C8H8O2/c1-11(2,3)16-10(15)13-9-4-8(7-14)5-12-6-9;9-7-10-6-8-4-2-1-3-5-8/h8-9,12,14H,4-7H2,1-3H3,(H,13,15);1-5,7H,6H2. The molecule has 0 saturated carbocycles. The van der Waals surface area contributed by atoms with E-state index in [9.17, 15) is 9.59 Å². The number of piperidine rings is 1. The quantitative estimate of drug-likeness (QED) is 0.688. The third-order valence-corrected chi connectivity index (χ3v) is 3.58. The fourth-order valence-electron chi connectivity index (χ4n) is 2.46. The lowest BCUT2D eigenvalue weighted by Gasteiger charge is -2.30. The summed E-state index contributed by atoms with van der Waals surface area (Å²) in [6.07, 6.45) is 0.404. The third kappa shape index (κ3) is 10.0. The summed E-state index contributed by atoms with van der Waals surface area (Å²) in [6, 6.07) is 9.59. The van der Waals surface area contributed by atoms with Gasteiger partial charge in [0.15, 0.2) is 0 Å². The van der Waals surface area contributed by atoms with Crippen LogP contribution in [0, 0.1) is 5.92 Å². The predicted octanol–water partition coefficient (Wildman–Crippen LogP) is 1.84. The average molecular weight is 366 g/mol. The Labute approximate surface area is 155 Å². The van der Waals surface area contributed by atoms with Crippen molar-refractivity contribution in [3.8, 4) is 0 Å². The van der Waals surface area contributed by atoms with Crippen LogP contribution < -0.4 is 10.6 Å². The zero-order chi connectivity index (χ0) is 19.4. The molecular weight excluding hydrogens is 336 g/mol. The first-order valence-electron chi connectivity index (χ1n) is 8.74. The number of hydrogen-bond donors (Lipinski definition) is 3. The van der Waals surface area contributed by atoms with Gasteiger partial charge in [0.2, 0.25) is 0 Å². The number of nitrogens with one attached hydrogen (secondary N) is 2. The molecule has 1 aromatic carbocycles. The zero-order valence-electron chi connectivity index (χ0n) is 15.7. The summed E-state index contributed by atoms with van der Waals surface area (Å²) in [4.78, 5) is 21.3. The van der Waals surface area contributed by atoms with Crippen LogP contribution in [0.15, 0.2) is 30.3 Å². The lowest BCUT2D eigenvalue weighted by atomic mass is 9.97. The van der Waals surface area contributed by atoms with Crippen LogP contribution in [0.2, 0.25) is 0 Å². The van der Waals surface area contributed by atoms with Crippen molar-refractivity contribution in [2.24, 2.45) is 5.92 Å². The summed E-state index contributed by atoms with van der Waals surface area (Å²) in [5, 5.41) is 15.0. The minimum atomic E-state index is -0.470. The molecule has 0 spiro atoms. The molecule has 1 aliphatic heterocycles. The highest BCUT2D eigenvalue weighted by atomic mass is 16.6. The number of carbonyl (C=O) groups excluding carboxylic acids is 2. The second-order valence-electron chi connectivity index (χ2n) is 7.18. The largest absolute Gasteiger partial charge is 0.463 e. The van der Waals surface area contributed by atoms with Crippen molar-refractivity contribution >= 4 is 12.6 Å². The Balaban J connectivity index is 0.000000289. The first-order chi connectivity index (χ1) is 12.3. The van der Waals surface area contributed by atoms with Gasteiger partial charge in [-0.25, -0.2) is 4.79 Å². The highest BCUT2D eigenvalue weighted by Crippen LogP contribution is 2.11. The number of benzene rings is 1. The Kier molecular flexibility index (Phi) is 9.69. The maximum absolute atomic E-state index is 11.5. The number of carbonyl (C=O) groups is 2. The van der Waals surface area contributed by atoms with Gasteiger partial charge in [-0.3, -0.25) is 4.79 Å². The topological polar surface area (TPSA) is 96.9 Å². The fourth-order valence-corrected chi connectivity index (χ4v) is 2.46.